The molecule has 0 aliphatic heterocycles. The summed E-state index contributed by atoms with van der Waals surface area (Å²) in [6.45, 7) is 7.95. The predicted molar refractivity (Wildman–Crippen MR) is 191 cm³/mol. The Bertz CT molecular complexity index is 2030. The van der Waals surface area contributed by atoms with E-state index in [1.807, 2.05) is 50.2 Å². The number of carbonyl (C=O) groups excluding carboxylic acids is 1. The number of hydrogen-bond acceptors (Lipinski definition) is 7. The summed E-state index contributed by atoms with van der Waals surface area (Å²) in [7, 11) is 1.64. The number of benzene rings is 4. The summed E-state index contributed by atoms with van der Waals surface area (Å²) in [5.41, 5.74) is 3.99. The molecule has 0 saturated heterocycles. The topological polar surface area (TPSA) is 104 Å². The molecule has 0 aliphatic rings. The molecule has 11 heteroatoms. The molecule has 47 heavy (non-hydrogen) atoms. The number of anilines is 1. The van der Waals surface area contributed by atoms with Crippen molar-refractivity contribution in [3.8, 4) is 28.6 Å². The summed E-state index contributed by atoms with van der Waals surface area (Å²) >= 11 is 10.3. The molecule has 1 heterocycles. The smallest absolute Gasteiger partial charge is 0.282 e. The van der Waals surface area contributed by atoms with E-state index in [0.29, 0.717) is 44.8 Å². The van der Waals surface area contributed by atoms with Crippen molar-refractivity contribution in [2.45, 2.75) is 33.6 Å². The maximum Gasteiger partial charge on any atom is 0.282 e. The lowest BCUT2D eigenvalue weighted by atomic mass is 9.96. The van der Waals surface area contributed by atoms with Crippen molar-refractivity contribution in [1.82, 2.24) is 9.66 Å². The van der Waals surface area contributed by atoms with E-state index < -0.39 is 0 Å². The second-order valence-electron chi connectivity index (χ2n) is 10.9. The van der Waals surface area contributed by atoms with E-state index in [1.54, 1.807) is 43.5 Å². The van der Waals surface area contributed by atoms with Gasteiger partial charge >= 0.3 is 0 Å². The molecule has 0 fully saturated rings. The van der Waals surface area contributed by atoms with Crippen LogP contribution < -0.4 is 25.1 Å². The molecule has 0 bridgehead atoms. The van der Waals surface area contributed by atoms with E-state index in [2.05, 4.69) is 40.2 Å². The van der Waals surface area contributed by atoms with Crippen LogP contribution in [0.3, 0.4) is 0 Å². The van der Waals surface area contributed by atoms with Crippen molar-refractivity contribution in [2.24, 2.45) is 5.10 Å². The summed E-state index contributed by atoms with van der Waals surface area (Å²) in [5.74, 6) is 1.45. The van der Waals surface area contributed by atoms with Crippen LogP contribution in [0.2, 0.25) is 5.02 Å². The minimum Gasteiger partial charge on any atom is -0.496 e. The van der Waals surface area contributed by atoms with Crippen LogP contribution in [-0.4, -0.2) is 42.1 Å². The zero-order valence-electron chi connectivity index (χ0n) is 26.6. The molecule has 9 nitrogen and oxygen atoms in total. The molecular weight excluding hydrogens is 684 g/mol. The summed E-state index contributed by atoms with van der Waals surface area (Å²) < 4.78 is 19.1. The van der Waals surface area contributed by atoms with Gasteiger partial charge in [0.25, 0.3) is 11.5 Å². The minimum atomic E-state index is -0.360. The second-order valence-corrected chi connectivity index (χ2v) is 12.1. The van der Waals surface area contributed by atoms with Crippen LogP contribution >= 0.6 is 27.5 Å². The van der Waals surface area contributed by atoms with Gasteiger partial charge in [-0.3, -0.25) is 9.59 Å². The number of halogens is 2. The highest BCUT2D eigenvalue weighted by Crippen LogP contribution is 2.42. The number of aromatic nitrogens is 2. The number of carbonyl (C=O) groups is 1. The van der Waals surface area contributed by atoms with Crippen molar-refractivity contribution in [3.05, 3.63) is 109 Å². The van der Waals surface area contributed by atoms with Crippen LogP contribution in [0.15, 0.2) is 87.2 Å². The maximum atomic E-state index is 13.9. The van der Waals surface area contributed by atoms with Gasteiger partial charge in [-0.2, -0.15) is 9.78 Å². The summed E-state index contributed by atoms with van der Waals surface area (Å²) in [4.78, 5) is 31.4. The normalized spacial score (nSPS) is 11.3. The predicted octanol–water partition coefficient (Wildman–Crippen LogP) is 8.22. The first-order valence-corrected chi connectivity index (χ1v) is 16.2. The SMILES string of the molecule is CCOc1cc(C=Nn2c(-c3cc(C(C)C)c(OC)cc3C)nc3ccccc3c2=O)c(Br)c(Cl)c1OCC(=O)Nc1ccccc1. The first kappa shape index (κ1) is 33.7. The van der Waals surface area contributed by atoms with Crippen molar-refractivity contribution in [3.63, 3.8) is 0 Å². The number of nitrogens with zero attached hydrogens (tertiary/aromatic N) is 3. The van der Waals surface area contributed by atoms with Gasteiger partial charge < -0.3 is 19.5 Å². The number of methoxy groups -OCH3 is 1. The Morgan fingerprint density at radius 2 is 1.79 bits per heavy atom. The highest BCUT2D eigenvalue weighted by Gasteiger charge is 2.21. The minimum absolute atomic E-state index is 0.161. The maximum absolute atomic E-state index is 13.9. The number of nitrogens with one attached hydrogen (secondary N) is 1. The van der Waals surface area contributed by atoms with Crippen LogP contribution in [-0.2, 0) is 4.79 Å². The van der Waals surface area contributed by atoms with Crippen LogP contribution in [0.1, 0.15) is 43.4 Å². The van der Waals surface area contributed by atoms with E-state index in [4.69, 9.17) is 30.8 Å². The standard InChI is InChI=1S/C36H34BrClN4O5/c1-6-46-30-17-23(32(37)33(38)34(30)47-20-31(43)40-24-12-8-7-9-13-24)19-39-42-35(41-28-15-11-10-14-25(28)36(42)44)27-18-26(21(2)3)29(45-5)16-22(27)4/h7-19,21H,6,20H2,1-5H3,(H,40,43). The van der Waals surface area contributed by atoms with E-state index in [0.717, 1.165) is 22.4 Å². The summed E-state index contributed by atoms with van der Waals surface area (Å²) in [5, 5.41) is 8.04. The third-order valence-electron chi connectivity index (χ3n) is 7.37. The lowest BCUT2D eigenvalue weighted by Crippen LogP contribution is -2.21. The average molecular weight is 718 g/mol. The Balaban J connectivity index is 1.57. The Labute approximate surface area is 286 Å². The Kier molecular flexibility index (Phi) is 10.6. The van der Waals surface area contributed by atoms with Gasteiger partial charge in [-0.05, 0) is 89.3 Å². The van der Waals surface area contributed by atoms with Gasteiger partial charge in [0.05, 0.1) is 30.8 Å². The van der Waals surface area contributed by atoms with Gasteiger partial charge in [-0.15, -0.1) is 0 Å². The van der Waals surface area contributed by atoms with Crippen molar-refractivity contribution in [1.29, 1.82) is 0 Å². The lowest BCUT2D eigenvalue weighted by molar-refractivity contribution is -0.118. The van der Waals surface area contributed by atoms with Gasteiger partial charge in [0.15, 0.2) is 23.9 Å². The van der Waals surface area contributed by atoms with Crippen molar-refractivity contribution >= 4 is 56.2 Å². The first-order chi connectivity index (χ1) is 22.6. The molecule has 0 aliphatic carbocycles. The van der Waals surface area contributed by atoms with Crippen molar-refractivity contribution in [2.75, 3.05) is 25.6 Å². The molecule has 0 saturated carbocycles. The monoisotopic (exact) mass is 716 g/mol. The van der Waals surface area contributed by atoms with Gasteiger partial charge in [0.1, 0.15) is 10.8 Å². The molecule has 1 aromatic heterocycles. The van der Waals surface area contributed by atoms with Gasteiger partial charge in [0, 0.05) is 21.3 Å². The van der Waals surface area contributed by atoms with Gasteiger partial charge in [-0.1, -0.05) is 55.8 Å². The zero-order valence-corrected chi connectivity index (χ0v) is 29.0. The highest BCUT2D eigenvalue weighted by atomic mass is 79.9. The molecule has 0 unspecified atom stereocenters. The summed E-state index contributed by atoms with van der Waals surface area (Å²) in [6.07, 6.45) is 1.51. The number of aryl methyl sites for hydroxylation is 1. The average Bonchev–Trinajstić information content (AvgIpc) is 3.06. The van der Waals surface area contributed by atoms with Crippen LogP contribution in [0.4, 0.5) is 5.69 Å². The number of hydrogen-bond donors (Lipinski definition) is 1. The number of fused-ring (bicyclic) bond motifs is 1. The molecule has 0 spiro atoms. The number of rotatable bonds is 11. The molecule has 1 amide bonds. The fraction of sp³-hybridized carbons (Fsp3) is 0.222. The van der Waals surface area contributed by atoms with E-state index in [-0.39, 0.29) is 34.8 Å². The highest BCUT2D eigenvalue weighted by molar-refractivity contribution is 9.10. The molecule has 1 N–H and O–H groups in total. The second kappa shape index (κ2) is 14.8. The van der Waals surface area contributed by atoms with Gasteiger partial charge in [0.2, 0.25) is 0 Å². The number of ether oxygens (including phenoxy) is 3. The van der Waals surface area contributed by atoms with Crippen LogP contribution in [0, 0.1) is 6.92 Å². The largest absolute Gasteiger partial charge is 0.496 e. The molecule has 5 aromatic rings. The molecule has 4 aromatic carbocycles. The molecular formula is C36H34BrClN4O5. The Morgan fingerprint density at radius 3 is 2.49 bits per heavy atom. The third kappa shape index (κ3) is 7.34. The fourth-order valence-electron chi connectivity index (χ4n) is 5.04. The summed E-state index contributed by atoms with van der Waals surface area (Å²) in [6, 6.07) is 21.9. The van der Waals surface area contributed by atoms with E-state index in [1.165, 1.54) is 10.9 Å². The Hall–Kier alpha value is -4.67. The first-order valence-electron chi connectivity index (χ1n) is 15.0. The zero-order chi connectivity index (χ0) is 33.7. The Morgan fingerprint density at radius 1 is 1.06 bits per heavy atom. The fourth-order valence-corrected chi connectivity index (χ4v) is 5.70. The van der Waals surface area contributed by atoms with Crippen molar-refractivity contribution < 1.29 is 19.0 Å². The van der Waals surface area contributed by atoms with E-state index >= 15 is 0 Å². The van der Waals surface area contributed by atoms with Gasteiger partial charge in [-0.25, -0.2) is 4.98 Å². The molecule has 0 radical (unpaired) electrons. The lowest BCUT2D eigenvalue weighted by Gasteiger charge is -2.18. The van der Waals surface area contributed by atoms with E-state index in [9.17, 15) is 9.59 Å². The molecule has 0 atom stereocenters. The number of amides is 1. The van der Waals surface area contributed by atoms with Crippen LogP contribution in [0.25, 0.3) is 22.3 Å². The number of para-hydroxylation sites is 2. The molecule has 242 valence electrons. The quantitative estimate of drug-likeness (QED) is 0.138. The van der Waals surface area contributed by atoms with Crippen LogP contribution in [0.5, 0.6) is 17.2 Å². The third-order valence-corrected chi connectivity index (χ3v) is 8.81. The molecule has 5 rings (SSSR count).